The summed E-state index contributed by atoms with van der Waals surface area (Å²) in [6, 6.07) is 0. The predicted molar refractivity (Wildman–Crippen MR) is 94.8 cm³/mol. The van der Waals surface area contributed by atoms with Crippen molar-refractivity contribution in [3.63, 3.8) is 0 Å². The molecule has 2 aromatic rings. The van der Waals surface area contributed by atoms with Crippen LogP contribution in [-0.4, -0.2) is 85.5 Å². The third kappa shape index (κ3) is 7.12. The summed E-state index contributed by atoms with van der Waals surface area (Å²) in [6.45, 7) is 2.57. The maximum Gasteiger partial charge on any atom is 0.466 e. The van der Waals surface area contributed by atoms with Crippen molar-refractivity contribution in [3.8, 4) is 0 Å². The van der Waals surface area contributed by atoms with E-state index in [1.165, 1.54) is 17.2 Å². The molecule has 1 aliphatic rings. The highest BCUT2D eigenvalue weighted by molar-refractivity contribution is 7.45. The van der Waals surface area contributed by atoms with Gasteiger partial charge in [-0.2, -0.15) is 0 Å². The lowest BCUT2D eigenvalue weighted by Gasteiger charge is -2.16. The first-order valence-corrected chi connectivity index (χ1v) is 9.16. The molecule has 0 saturated carbocycles. The van der Waals surface area contributed by atoms with E-state index in [1.807, 2.05) is 0 Å². The average Bonchev–Trinajstić information content (AvgIpc) is 3.17. The number of hydrogen-bond donors (Lipinski definition) is 8. The molecule has 2 aromatic heterocycles. The molecule has 0 amide bonds. The SMILES string of the molecule is C=CC(=O)O.Nc1ncnc2c1ncn2[C@@H]1O[C@H](CO)[C@@H](O)[C@H]1O.O=P(O)(O)O. The van der Waals surface area contributed by atoms with Gasteiger partial charge in [0, 0.05) is 6.08 Å². The van der Waals surface area contributed by atoms with Crippen LogP contribution in [0.25, 0.3) is 11.2 Å². The number of rotatable bonds is 3. The first-order valence-electron chi connectivity index (χ1n) is 7.59. The number of aliphatic hydroxyl groups excluding tert-OH is 3. The van der Waals surface area contributed by atoms with Crippen LogP contribution in [0.1, 0.15) is 6.23 Å². The van der Waals surface area contributed by atoms with Crippen LogP contribution in [0.4, 0.5) is 5.82 Å². The van der Waals surface area contributed by atoms with Crippen molar-refractivity contribution in [2.45, 2.75) is 24.5 Å². The Balaban J connectivity index is 0.000000353. The Hall–Kier alpha value is -2.49. The zero-order chi connectivity index (χ0) is 22.4. The van der Waals surface area contributed by atoms with Crippen molar-refractivity contribution < 1.29 is 49.2 Å². The highest BCUT2D eigenvalue weighted by atomic mass is 31.2. The topological polar surface area (TPSA) is 255 Å². The van der Waals surface area contributed by atoms with Crippen LogP contribution >= 0.6 is 7.82 Å². The summed E-state index contributed by atoms with van der Waals surface area (Å²) in [4.78, 5) is 42.7. The molecule has 15 nitrogen and oxygen atoms in total. The van der Waals surface area contributed by atoms with Crippen LogP contribution in [0.5, 0.6) is 0 Å². The zero-order valence-electron chi connectivity index (χ0n) is 14.6. The molecule has 0 unspecified atom stereocenters. The van der Waals surface area contributed by atoms with Gasteiger partial charge in [-0.1, -0.05) is 6.58 Å². The number of aliphatic carboxylic acids is 1. The van der Waals surface area contributed by atoms with Gasteiger partial charge in [0.15, 0.2) is 17.7 Å². The number of aromatic nitrogens is 4. The van der Waals surface area contributed by atoms with Crippen LogP contribution < -0.4 is 5.73 Å². The van der Waals surface area contributed by atoms with E-state index in [2.05, 4.69) is 21.5 Å². The highest BCUT2D eigenvalue weighted by Gasteiger charge is 2.43. The minimum Gasteiger partial charge on any atom is -0.478 e. The van der Waals surface area contributed by atoms with E-state index < -0.39 is 44.9 Å². The molecule has 16 heteroatoms. The van der Waals surface area contributed by atoms with Gasteiger partial charge < -0.3 is 45.6 Å². The van der Waals surface area contributed by atoms with Gasteiger partial charge in [-0.3, -0.25) is 4.57 Å². The van der Waals surface area contributed by atoms with Gasteiger partial charge in [-0.15, -0.1) is 0 Å². The molecule has 3 heterocycles. The Kier molecular flexibility index (Phi) is 8.75. The summed E-state index contributed by atoms with van der Waals surface area (Å²) in [5.41, 5.74) is 6.44. The molecule has 162 valence electrons. The minimum atomic E-state index is -4.64. The van der Waals surface area contributed by atoms with Crippen LogP contribution in [0.3, 0.4) is 0 Å². The number of carbonyl (C=O) groups is 1. The Labute approximate surface area is 162 Å². The molecule has 3 rings (SSSR count). The van der Waals surface area contributed by atoms with E-state index in [-0.39, 0.29) is 5.82 Å². The maximum atomic E-state index is 9.95. The second-order valence-electron chi connectivity index (χ2n) is 5.37. The molecule has 0 bridgehead atoms. The molecular formula is C13H20N5O10P. The highest BCUT2D eigenvalue weighted by Crippen LogP contribution is 2.31. The fourth-order valence-corrected chi connectivity index (χ4v) is 2.17. The Morgan fingerprint density at radius 2 is 1.83 bits per heavy atom. The van der Waals surface area contributed by atoms with Crippen LogP contribution in [0.15, 0.2) is 25.3 Å². The molecule has 9 N–H and O–H groups in total. The lowest BCUT2D eigenvalue weighted by atomic mass is 10.1. The van der Waals surface area contributed by atoms with Crippen molar-refractivity contribution >= 4 is 30.8 Å². The van der Waals surface area contributed by atoms with Crippen molar-refractivity contribution in [2.75, 3.05) is 12.3 Å². The van der Waals surface area contributed by atoms with Gasteiger partial charge in [-0.25, -0.2) is 24.3 Å². The van der Waals surface area contributed by atoms with Gasteiger partial charge >= 0.3 is 13.8 Å². The van der Waals surface area contributed by atoms with Gasteiger partial charge in [0.25, 0.3) is 0 Å². The Bertz CT molecular complexity index is 878. The molecule has 0 aliphatic carbocycles. The molecule has 0 aromatic carbocycles. The lowest BCUT2D eigenvalue weighted by Crippen LogP contribution is -2.33. The number of fused-ring (bicyclic) bond motifs is 1. The van der Waals surface area contributed by atoms with Gasteiger partial charge in [0.2, 0.25) is 0 Å². The van der Waals surface area contributed by atoms with Crippen LogP contribution in [-0.2, 0) is 14.1 Å². The standard InChI is InChI=1S/C10H13N5O4.C3H4O2.H3O4P/c11-8-5-9(13-2-12-8)15(3-14-5)10-7(18)6(17)4(1-16)19-10;1-2-3(4)5;1-5(2,3)4/h2-4,6-7,10,16-18H,1H2,(H2,11,12,13);2H,1H2,(H,4,5);(H3,1,2,3,4)/t4-,6-,7-,10-;;/m1../s1. The molecule has 1 fully saturated rings. The van der Waals surface area contributed by atoms with E-state index in [9.17, 15) is 15.0 Å². The largest absolute Gasteiger partial charge is 0.478 e. The number of nitrogens with two attached hydrogens (primary N) is 1. The number of carboxylic acid groups (broad SMARTS) is 1. The second kappa shape index (κ2) is 10.3. The Morgan fingerprint density at radius 1 is 1.28 bits per heavy atom. The smallest absolute Gasteiger partial charge is 0.466 e. The number of nitrogen functional groups attached to an aromatic ring is 1. The number of ether oxygens (including phenoxy) is 1. The average molecular weight is 437 g/mol. The second-order valence-corrected chi connectivity index (χ2v) is 6.39. The zero-order valence-corrected chi connectivity index (χ0v) is 15.5. The predicted octanol–water partition coefficient (Wildman–Crippen LogP) is -2.65. The normalized spacial score (nSPS) is 23.5. The maximum absolute atomic E-state index is 9.95. The summed E-state index contributed by atoms with van der Waals surface area (Å²) in [6.07, 6.45) is -0.590. The minimum absolute atomic E-state index is 0.218. The summed E-state index contributed by atoms with van der Waals surface area (Å²) in [5, 5.41) is 36.3. The number of phosphoric acid groups is 1. The van der Waals surface area contributed by atoms with Gasteiger partial charge in [-0.05, 0) is 0 Å². The summed E-state index contributed by atoms with van der Waals surface area (Å²) < 4.78 is 15.7. The summed E-state index contributed by atoms with van der Waals surface area (Å²) >= 11 is 0. The fraction of sp³-hybridized carbons (Fsp3) is 0.385. The van der Waals surface area contributed by atoms with E-state index in [0.717, 1.165) is 6.08 Å². The van der Waals surface area contributed by atoms with Crippen molar-refractivity contribution in [1.82, 2.24) is 19.5 Å². The first-order chi connectivity index (χ1) is 13.4. The number of hydrogen-bond acceptors (Lipinski definition) is 10. The number of carboxylic acids is 1. The number of nitrogens with zero attached hydrogens (tertiary/aromatic N) is 4. The van der Waals surface area contributed by atoms with Crippen molar-refractivity contribution in [3.05, 3.63) is 25.3 Å². The van der Waals surface area contributed by atoms with Crippen molar-refractivity contribution in [2.24, 2.45) is 0 Å². The van der Waals surface area contributed by atoms with Crippen LogP contribution in [0.2, 0.25) is 0 Å². The van der Waals surface area contributed by atoms with Crippen molar-refractivity contribution in [1.29, 1.82) is 0 Å². The van der Waals surface area contributed by atoms with Crippen LogP contribution in [0, 0.1) is 0 Å². The molecule has 1 saturated heterocycles. The number of anilines is 1. The molecule has 0 radical (unpaired) electrons. The van der Waals surface area contributed by atoms with Gasteiger partial charge in [0.05, 0.1) is 12.9 Å². The molecule has 4 atom stereocenters. The number of imidazole rings is 1. The summed E-state index contributed by atoms with van der Waals surface area (Å²) in [5.74, 6) is -0.763. The molecular weight excluding hydrogens is 417 g/mol. The molecule has 0 spiro atoms. The first kappa shape index (κ1) is 24.5. The number of aliphatic hydroxyl groups is 3. The van der Waals surface area contributed by atoms with E-state index in [1.54, 1.807) is 0 Å². The van der Waals surface area contributed by atoms with E-state index >= 15 is 0 Å². The van der Waals surface area contributed by atoms with E-state index in [0.29, 0.717) is 11.2 Å². The fourth-order valence-electron chi connectivity index (χ4n) is 2.17. The monoisotopic (exact) mass is 437 g/mol. The molecule has 29 heavy (non-hydrogen) atoms. The third-order valence-corrected chi connectivity index (χ3v) is 3.35. The Morgan fingerprint density at radius 3 is 2.28 bits per heavy atom. The third-order valence-electron chi connectivity index (χ3n) is 3.35. The van der Waals surface area contributed by atoms with E-state index in [4.69, 9.17) is 39.9 Å². The quantitative estimate of drug-likeness (QED) is 0.180. The van der Waals surface area contributed by atoms with Gasteiger partial charge in [0.1, 0.15) is 30.2 Å². The molecule has 1 aliphatic heterocycles. The summed E-state index contributed by atoms with van der Waals surface area (Å²) in [7, 11) is -4.64. The lowest BCUT2D eigenvalue weighted by molar-refractivity contribution is -0.131.